The van der Waals surface area contributed by atoms with E-state index in [9.17, 15) is 9.18 Å². The molecule has 2 rings (SSSR count). The van der Waals surface area contributed by atoms with Crippen LogP contribution in [0.4, 0.5) is 10.1 Å². The highest BCUT2D eigenvalue weighted by Crippen LogP contribution is 2.24. The van der Waals surface area contributed by atoms with Crippen molar-refractivity contribution in [1.29, 1.82) is 0 Å². The van der Waals surface area contributed by atoms with Crippen molar-refractivity contribution in [3.63, 3.8) is 0 Å². The Labute approximate surface area is 133 Å². The molecular weight excluding hydrogens is 299 g/mol. The SMILES string of the molecule is COc1ccc(C)cc1NC(=O)CO/N=C/c1ccc(F)cc1. The lowest BCUT2D eigenvalue weighted by molar-refractivity contribution is -0.120. The second kappa shape index (κ2) is 7.93. The zero-order valence-corrected chi connectivity index (χ0v) is 12.9. The number of anilines is 1. The van der Waals surface area contributed by atoms with E-state index in [4.69, 9.17) is 9.57 Å². The van der Waals surface area contributed by atoms with E-state index < -0.39 is 0 Å². The molecule has 0 bridgehead atoms. The van der Waals surface area contributed by atoms with Crippen molar-refractivity contribution in [3.05, 3.63) is 59.4 Å². The molecule has 0 aliphatic heterocycles. The fraction of sp³-hybridized carbons (Fsp3) is 0.176. The second-order valence-electron chi connectivity index (χ2n) is 4.81. The maximum absolute atomic E-state index is 12.7. The third-order valence-corrected chi connectivity index (χ3v) is 2.97. The van der Waals surface area contributed by atoms with Gasteiger partial charge in [0.15, 0.2) is 6.61 Å². The summed E-state index contributed by atoms with van der Waals surface area (Å²) >= 11 is 0. The van der Waals surface area contributed by atoms with Crippen molar-refractivity contribution in [2.24, 2.45) is 5.16 Å². The van der Waals surface area contributed by atoms with Gasteiger partial charge in [-0.2, -0.15) is 0 Å². The summed E-state index contributed by atoms with van der Waals surface area (Å²) in [4.78, 5) is 16.8. The molecule has 0 aliphatic rings. The minimum atomic E-state index is -0.356. The minimum Gasteiger partial charge on any atom is -0.495 e. The van der Waals surface area contributed by atoms with E-state index in [0.29, 0.717) is 17.0 Å². The molecule has 23 heavy (non-hydrogen) atoms. The largest absolute Gasteiger partial charge is 0.495 e. The van der Waals surface area contributed by atoms with Gasteiger partial charge in [0.05, 0.1) is 19.0 Å². The number of hydrogen-bond acceptors (Lipinski definition) is 4. The molecule has 0 heterocycles. The van der Waals surface area contributed by atoms with E-state index in [2.05, 4.69) is 10.5 Å². The van der Waals surface area contributed by atoms with Crippen LogP contribution in [0.15, 0.2) is 47.6 Å². The van der Waals surface area contributed by atoms with Gasteiger partial charge in [0.2, 0.25) is 0 Å². The van der Waals surface area contributed by atoms with Crippen LogP contribution in [0.1, 0.15) is 11.1 Å². The van der Waals surface area contributed by atoms with Crippen LogP contribution in [-0.2, 0) is 9.63 Å². The number of carbonyl (C=O) groups is 1. The molecule has 6 heteroatoms. The molecule has 0 spiro atoms. The summed E-state index contributed by atoms with van der Waals surface area (Å²) in [5.41, 5.74) is 2.24. The van der Waals surface area contributed by atoms with Crippen molar-refractivity contribution in [1.82, 2.24) is 0 Å². The summed E-state index contributed by atoms with van der Waals surface area (Å²) in [5.74, 6) is -0.113. The lowest BCUT2D eigenvalue weighted by atomic mass is 10.2. The van der Waals surface area contributed by atoms with Crippen molar-refractivity contribution in [2.45, 2.75) is 6.92 Å². The van der Waals surface area contributed by atoms with Gasteiger partial charge < -0.3 is 14.9 Å². The first-order valence-electron chi connectivity index (χ1n) is 6.94. The molecule has 1 amide bonds. The van der Waals surface area contributed by atoms with Crippen LogP contribution in [0.3, 0.4) is 0 Å². The van der Waals surface area contributed by atoms with Crippen LogP contribution in [0.5, 0.6) is 5.75 Å². The number of nitrogens with one attached hydrogen (secondary N) is 1. The Balaban J connectivity index is 1.86. The van der Waals surface area contributed by atoms with E-state index in [1.54, 1.807) is 24.3 Å². The van der Waals surface area contributed by atoms with Crippen molar-refractivity contribution in [3.8, 4) is 5.75 Å². The first-order chi connectivity index (χ1) is 11.1. The first kappa shape index (κ1) is 16.5. The fourth-order valence-electron chi connectivity index (χ4n) is 1.85. The standard InChI is InChI=1S/C17H17FN2O3/c1-12-3-8-16(22-2)15(9-12)20-17(21)11-23-19-10-13-4-6-14(18)7-5-13/h3-10H,11H2,1-2H3,(H,20,21)/b19-10+. The number of methoxy groups -OCH3 is 1. The van der Waals surface area contributed by atoms with Gasteiger partial charge in [0.1, 0.15) is 11.6 Å². The molecule has 0 saturated carbocycles. The van der Waals surface area contributed by atoms with Crippen LogP contribution in [0.25, 0.3) is 0 Å². The fourth-order valence-corrected chi connectivity index (χ4v) is 1.85. The van der Waals surface area contributed by atoms with Gasteiger partial charge in [-0.3, -0.25) is 4.79 Å². The molecule has 0 saturated heterocycles. The lowest BCUT2D eigenvalue weighted by Gasteiger charge is -2.10. The number of halogens is 1. The summed E-state index contributed by atoms with van der Waals surface area (Å²) < 4.78 is 17.9. The third kappa shape index (κ3) is 5.10. The predicted octanol–water partition coefficient (Wildman–Crippen LogP) is 3.13. The minimum absolute atomic E-state index is 0.241. The molecule has 0 atom stereocenters. The van der Waals surface area contributed by atoms with Crippen LogP contribution in [0, 0.1) is 12.7 Å². The Hall–Kier alpha value is -2.89. The number of rotatable bonds is 6. The molecule has 2 aromatic carbocycles. The summed E-state index contributed by atoms with van der Waals surface area (Å²) in [6.45, 7) is 1.67. The third-order valence-electron chi connectivity index (χ3n) is 2.97. The van der Waals surface area contributed by atoms with Crippen molar-refractivity contribution >= 4 is 17.8 Å². The van der Waals surface area contributed by atoms with Crippen LogP contribution in [-0.4, -0.2) is 25.8 Å². The number of benzene rings is 2. The summed E-state index contributed by atoms with van der Waals surface area (Å²) in [5, 5.41) is 6.37. The molecule has 0 fully saturated rings. The Morgan fingerprint density at radius 3 is 2.70 bits per heavy atom. The van der Waals surface area contributed by atoms with E-state index in [1.807, 2.05) is 13.0 Å². The topological polar surface area (TPSA) is 59.9 Å². The molecule has 120 valence electrons. The highest BCUT2D eigenvalue weighted by atomic mass is 19.1. The normalized spacial score (nSPS) is 10.6. The molecular formula is C17H17FN2O3. The molecule has 1 N–H and O–H groups in total. The van der Waals surface area contributed by atoms with E-state index in [1.165, 1.54) is 25.5 Å². The molecule has 0 radical (unpaired) electrons. The summed E-state index contributed by atoms with van der Waals surface area (Å²) in [7, 11) is 1.53. The maximum Gasteiger partial charge on any atom is 0.265 e. The number of aryl methyl sites for hydroxylation is 1. The number of hydrogen-bond donors (Lipinski definition) is 1. The predicted molar refractivity (Wildman–Crippen MR) is 86.3 cm³/mol. The van der Waals surface area contributed by atoms with Crippen LogP contribution >= 0.6 is 0 Å². The number of carbonyl (C=O) groups excluding carboxylic acids is 1. The Morgan fingerprint density at radius 2 is 2.00 bits per heavy atom. The smallest absolute Gasteiger partial charge is 0.265 e. The van der Waals surface area contributed by atoms with Gasteiger partial charge in [0.25, 0.3) is 5.91 Å². The lowest BCUT2D eigenvalue weighted by Crippen LogP contribution is -2.17. The Morgan fingerprint density at radius 1 is 1.26 bits per heavy atom. The monoisotopic (exact) mass is 316 g/mol. The highest BCUT2D eigenvalue weighted by Gasteiger charge is 2.08. The maximum atomic E-state index is 12.7. The van der Waals surface area contributed by atoms with Gasteiger partial charge in [0, 0.05) is 0 Å². The van der Waals surface area contributed by atoms with Gasteiger partial charge in [-0.15, -0.1) is 0 Å². The number of nitrogens with zero attached hydrogens (tertiary/aromatic N) is 1. The van der Waals surface area contributed by atoms with Gasteiger partial charge in [-0.05, 0) is 42.3 Å². The van der Waals surface area contributed by atoms with E-state index in [-0.39, 0.29) is 18.3 Å². The summed E-state index contributed by atoms with van der Waals surface area (Å²) in [6.07, 6.45) is 1.40. The van der Waals surface area contributed by atoms with E-state index in [0.717, 1.165) is 5.56 Å². The summed E-state index contributed by atoms with van der Waals surface area (Å²) in [6, 6.07) is 11.2. The zero-order chi connectivity index (χ0) is 16.7. The number of oxime groups is 1. The second-order valence-corrected chi connectivity index (χ2v) is 4.81. The van der Waals surface area contributed by atoms with Crippen molar-refractivity contribution in [2.75, 3.05) is 19.0 Å². The molecule has 5 nitrogen and oxygen atoms in total. The average Bonchev–Trinajstić information content (AvgIpc) is 2.53. The van der Waals surface area contributed by atoms with Crippen LogP contribution in [0.2, 0.25) is 0 Å². The zero-order valence-electron chi connectivity index (χ0n) is 12.9. The number of ether oxygens (including phenoxy) is 1. The van der Waals surface area contributed by atoms with Crippen LogP contribution < -0.4 is 10.1 Å². The molecule has 0 unspecified atom stereocenters. The molecule has 0 aromatic heterocycles. The highest BCUT2D eigenvalue weighted by molar-refractivity contribution is 5.93. The number of amides is 1. The van der Waals surface area contributed by atoms with E-state index >= 15 is 0 Å². The average molecular weight is 316 g/mol. The quantitative estimate of drug-likeness (QED) is 0.658. The van der Waals surface area contributed by atoms with Gasteiger partial charge in [-0.1, -0.05) is 23.4 Å². The molecule has 0 aliphatic carbocycles. The van der Waals surface area contributed by atoms with Crippen molar-refractivity contribution < 1.29 is 18.8 Å². The van der Waals surface area contributed by atoms with Gasteiger partial charge in [-0.25, -0.2) is 4.39 Å². The molecule has 2 aromatic rings. The first-order valence-corrected chi connectivity index (χ1v) is 6.94. The van der Waals surface area contributed by atoms with Gasteiger partial charge >= 0.3 is 0 Å². The Kier molecular flexibility index (Phi) is 5.68. The Bertz CT molecular complexity index is 699.